The maximum atomic E-state index is 12.6. The number of aliphatic hydroxyl groups is 1. The maximum Gasteiger partial charge on any atom is 0.218 e. The number of rotatable bonds is 8. The maximum absolute atomic E-state index is 12.6. The van der Waals surface area contributed by atoms with Gasteiger partial charge in [0.25, 0.3) is 0 Å². The molecule has 21 heavy (non-hydrogen) atoms. The molecule has 0 aromatic heterocycles. The normalized spacial score (nSPS) is 13.9. The van der Waals surface area contributed by atoms with Crippen molar-refractivity contribution in [2.24, 2.45) is 0 Å². The van der Waals surface area contributed by atoms with Crippen LogP contribution in [0.4, 0.5) is 0 Å². The second-order valence-corrected chi connectivity index (χ2v) is 7.47. The average molecular weight is 314 g/mol. The molecule has 1 unspecified atom stereocenters. The van der Waals surface area contributed by atoms with Crippen molar-refractivity contribution in [3.05, 3.63) is 35.4 Å². The van der Waals surface area contributed by atoms with Crippen molar-refractivity contribution in [2.45, 2.75) is 32.2 Å². The summed E-state index contributed by atoms with van der Waals surface area (Å²) in [6.07, 6.45) is 0. The lowest BCUT2D eigenvalue weighted by Gasteiger charge is -2.29. The van der Waals surface area contributed by atoms with E-state index in [4.69, 9.17) is 5.11 Å². The van der Waals surface area contributed by atoms with E-state index in [0.717, 1.165) is 5.56 Å². The molecule has 1 atom stereocenters. The van der Waals surface area contributed by atoms with E-state index in [1.807, 2.05) is 32.8 Å². The van der Waals surface area contributed by atoms with Crippen LogP contribution in [0.2, 0.25) is 0 Å². The van der Waals surface area contributed by atoms with E-state index in [0.29, 0.717) is 18.7 Å². The van der Waals surface area contributed by atoms with Crippen LogP contribution in [0.5, 0.6) is 0 Å². The predicted molar refractivity (Wildman–Crippen MR) is 85.4 cm³/mol. The first-order chi connectivity index (χ1) is 9.80. The number of likely N-dealkylation sites (N-methyl/N-ethyl adjacent to an activating group) is 2. The Morgan fingerprint density at radius 3 is 2.38 bits per heavy atom. The summed E-state index contributed by atoms with van der Waals surface area (Å²) in [7, 11) is 0.494. The molecule has 1 aromatic rings. The second kappa shape index (κ2) is 7.89. The van der Waals surface area contributed by atoms with Gasteiger partial charge < -0.3 is 10.0 Å². The summed E-state index contributed by atoms with van der Waals surface area (Å²) < 4.78 is 26.7. The quantitative estimate of drug-likeness (QED) is 0.785. The second-order valence-electron chi connectivity index (χ2n) is 5.55. The van der Waals surface area contributed by atoms with Crippen molar-refractivity contribution in [1.29, 1.82) is 0 Å². The minimum atomic E-state index is -3.37. The summed E-state index contributed by atoms with van der Waals surface area (Å²) in [5.74, 6) is -0.0353. The van der Waals surface area contributed by atoms with Crippen LogP contribution in [0.1, 0.15) is 25.0 Å². The van der Waals surface area contributed by atoms with Crippen LogP contribution in [-0.2, 0) is 22.4 Å². The summed E-state index contributed by atoms with van der Waals surface area (Å²) in [6.45, 7) is 4.84. The number of sulfonamides is 1. The van der Waals surface area contributed by atoms with Crippen LogP contribution in [0.3, 0.4) is 0 Å². The van der Waals surface area contributed by atoms with Crippen molar-refractivity contribution >= 4 is 10.0 Å². The number of nitrogens with zero attached hydrogens (tertiary/aromatic N) is 2. The lowest BCUT2D eigenvalue weighted by atomic mass is 10.1. The van der Waals surface area contributed by atoms with Gasteiger partial charge in [0.2, 0.25) is 10.0 Å². The molecule has 1 N–H and O–H groups in total. The molecule has 0 bridgehead atoms. The van der Waals surface area contributed by atoms with Gasteiger partial charge in [-0.15, -0.1) is 0 Å². The zero-order valence-corrected chi connectivity index (χ0v) is 14.1. The third kappa shape index (κ3) is 5.39. The molecule has 0 spiro atoms. The largest absolute Gasteiger partial charge is 0.392 e. The zero-order valence-electron chi connectivity index (χ0n) is 13.3. The summed E-state index contributed by atoms with van der Waals surface area (Å²) >= 11 is 0. The minimum absolute atomic E-state index is 0.0353. The van der Waals surface area contributed by atoms with Crippen LogP contribution in [-0.4, -0.2) is 56.0 Å². The first-order valence-corrected chi connectivity index (χ1v) is 8.74. The van der Waals surface area contributed by atoms with Gasteiger partial charge in [-0.05, 0) is 32.1 Å². The number of benzene rings is 1. The molecule has 0 saturated heterocycles. The minimum Gasteiger partial charge on any atom is -0.392 e. The molecule has 0 amide bonds. The van der Waals surface area contributed by atoms with Crippen molar-refractivity contribution in [1.82, 2.24) is 9.21 Å². The summed E-state index contributed by atoms with van der Waals surface area (Å²) in [5.41, 5.74) is 1.43. The standard InChI is InChI=1S/C15H26N2O3S/c1-5-17(13(2)10-16(3)4)21(19,20)12-15-8-6-7-14(9-15)11-18/h6-9,13,18H,5,10-12H2,1-4H3. The van der Waals surface area contributed by atoms with E-state index in [1.165, 1.54) is 0 Å². The van der Waals surface area contributed by atoms with Crippen LogP contribution in [0, 0.1) is 0 Å². The molecule has 0 aliphatic rings. The molecule has 1 rings (SSSR count). The highest BCUT2D eigenvalue weighted by molar-refractivity contribution is 7.88. The van der Waals surface area contributed by atoms with E-state index >= 15 is 0 Å². The van der Waals surface area contributed by atoms with Gasteiger partial charge in [0.05, 0.1) is 12.4 Å². The van der Waals surface area contributed by atoms with Crippen LogP contribution < -0.4 is 0 Å². The molecule has 0 saturated carbocycles. The van der Waals surface area contributed by atoms with Crippen LogP contribution in [0.25, 0.3) is 0 Å². The fourth-order valence-electron chi connectivity index (χ4n) is 2.51. The molecular formula is C15H26N2O3S. The Balaban J connectivity index is 2.91. The molecule has 0 radical (unpaired) electrons. The van der Waals surface area contributed by atoms with E-state index in [-0.39, 0.29) is 18.4 Å². The van der Waals surface area contributed by atoms with Gasteiger partial charge in [0.15, 0.2) is 0 Å². The van der Waals surface area contributed by atoms with Crippen molar-refractivity contribution < 1.29 is 13.5 Å². The smallest absolute Gasteiger partial charge is 0.218 e. The monoisotopic (exact) mass is 314 g/mol. The highest BCUT2D eigenvalue weighted by Crippen LogP contribution is 2.15. The lowest BCUT2D eigenvalue weighted by Crippen LogP contribution is -2.44. The molecular weight excluding hydrogens is 288 g/mol. The molecule has 120 valence electrons. The summed E-state index contributed by atoms with van der Waals surface area (Å²) in [6, 6.07) is 7.00. The first kappa shape index (κ1) is 18.1. The summed E-state index contributed by atoms with van der Waals surface area (Å²) in [5, 5.41) is 9.14. The van der Waals surface area contributed by atoms with E-state index < -0.39 is 10.0 Å². The molecule has 0 aliphatic heterocycles. The summed E-state index contributed by atoms with van der Waals surface area (Å²) in [4.78, 5) is 1.98. The Morgan fingerprint density at radius 1 is 1.24 bits per heavy atom. The fourth-order valence-corrected chi connectivity index (χ4v) is 4.29. The highest BCUT2D eigenvalue weighted by Gasteiger charge is 2.26. The Hall–Kier alpha value is -0.950. The molecule has 1 aromatic carbocycles. The Morgan fingerprint density at radius 2 is 1.86 bits per heavy atom. The van der Waals surface area contributed by atoms with E-state index in [1.54, 1.807) is 28.6 Å². The topological polar surface area (TPSA) is 60.9 Å². The SMILES string of the molecule is CCN(C(C)CN(C)C)S(=O)(=O)Cc1cccc(CO)c1. The van der Waals surface area contributed by atoms with Gasteiger partial charge in [-0.3, -0.25) is 0 Å². The zero-order chi connectivity index (χ0) is 16.0. The molecule has 6 heteroatoms. The van der Waals surface area contributed by atoms with Gasteiger partial charge in [-0.25, -0.2) is 8.42 Å². The van der Waals surface area contributed by atoms with Gasteiger partial charge in [0.1, 0.15) is 0 Å². The van der Waals surface area contributed by atoms with E-state index in [2.05, 4.69) is 0 Å². The van der Waals surface area contributed by atoms with Crippen molar-refractivity contribution in [2.75, 3.05) is 27.2 Å². The van der Waals surface area contributed by atoms with Crippen molar-refractivity contribution in [3.8, 4) is 0 Å². The van der Waals surface area contributed by atoms with Gasteiger partial charge in [-0.1, -0.05) is 31.2 Å². The van der Waals surface area contributed by atoms with Crippen LogP contribution >= 0.6 is 0 Å². The molecule has 5 nitrogen and oxygen atoms in total. The highest BCUT2D eigenvalue weighted by atomic mass is 32.2. The van der Waals surface area contributed by atoms with Gasteiger partial charge in [0, 0.05) is 19.1 Å². The number of hydrogen-bond donors (Lipinski definition) is 1. The molecule has 0 heterocycles. The fraction of sp³-hybridized carbons (Fsp3) is 0.600. The van der Waals surface area contributed by atoms with Crippen molar-refractivity contribution in [3.63, 3.8) is 0 Å². The van der Waals surface area contributed by atoms with Crippen LogP contribution in [0.15, 0.2) is 24.3 Å². The lowest BCUT2D eigenvalue weighted by molar-refractivity contribution is 0.271. The third-order valence-electron chi connectivity index (χ3n) is 3.31. The first-order valence-electron chi connectivity index (χ1n) is 7.13. The van der Waals surface area contributed by atoms with Gasteiger partial charge in [-0.2, -0.15) is 4.31 Å². The molecule has 0 aliphatic carbocycles. The third-order valence-corrected chi connectivity index (χ3v) is 5.34. The Kier molecular flexibility index (Phi) is 6.80. The number of aliphatic hydroxyl groups excluding tert-OH is 1. The Bertz CT molecular complexity index is 544. The predicted octanol–water partition coefficient (Wildman–Crippen LogP) is 1.28. The average Bonchev–Trinajstić information content (AvgIpc) is 2.37. The molecule has 0 fully saturated rings. The number of hydrogen-bond acceptors (Lipinski definition) is 4. The van der Waals surface area contributed by atoms with E-state index in [9.17, 15) is 8.42 Å². The Labute approximate surface area is 128 Å². The van der Waals surface area contributed by atoms with Gasteiger partial charge >= 0.3 is 0 Å².